The van der Waals surface area contributed by atoms with Crippen LogP contribution in [0.5, 0.6) is 23.0 Å². The summed E-state index contributed by atoms with van der Waals surface area (Å²) >= 11 is 0. The minimum atomic E-state index is -2.89. The van der Waals surface area contributed by atoms with Crippen LogP contribution in [0, 0.1) is 0 Å². The van der Waals surface area contributed by atoms with E-state index in [2.05, 4.69) is 59.2 Å². The van der Waals surface area contributed by atoms with E-state index in [0.29, 0.717) is 0 Å². The number of anilines is 4. The van der Waals surface area contributed by atoms with Gasteiger partial charge in [-0.25, -0.2) is 0 Å². The Kier molecular flexibility index (Phi) is 4.89. The van der Waals surface area contributed by atoms with Crippen LogP contribution < -0.4 is 50.3 Å². The third kappa shape index (κ3) is 3.01. The van der Waals surface area contributed by atoms with Gasteiger partial charge in [-0.05, 0) is 93.5 Å². The molecule has 6 nitrogen and oxygen atoms in total. The molecule has 0 aliphatic carbocycles. The molecule has 0 atom stereocenters. The molecule has 35 heavy (non-hydrogen) atoms. The third-order valence-electron chi connectivity index (χ3n) is 7.06. The molecule has 4 aromatic carbocycles. The van der Waals surface area contributed by atoms with Crippen molar-refractivity contribution < 1.29 is 18.9 Å². The van der Waals surface area contributed by atoms with Gasteiger partial charge in [-0.2, -0.15) is 0 Å². The molecule has 6 rings (SSSR count). The van der Waals surface area contributed by atoms with Crippen LogP contribution in [0.25, 0.3) is 0 Å². The second-order valence-corrected chi connectivity index (χ2v) is 12.3. The highest BCUT2D eigenvalue weighted by Crippen LogP contribution is 2.36. The summed E-state index contributed by atoms with van der Waals surface area (Å²) < 4.78 is 22.9. The predicted octanol–water partition coefficient (Wildman–Crippen LogP) is 3.21. The van der Waals surface area contributed by atoms with Gasteiger partial charge in [-0.1, -0.05) is 0 Å². The molecule has 4 aromatic rings. The maximum absolute atomic E-state index is 5.72. The van der Waals surface area contributed by atoms with Crippen molar-refractivity contribution in [3.63, 3.8) is 0 Å². The van der Waals surface area contributed by atoms with E-state index in [-0.39, 0.29) is 0 Å². The van der Waals surface area contributed by atoms with Crippen LogP contribution >= 0.6 is 0 Å². The normalized spacial score (nSPS) is 13.8. The molecule has 1 spiro atoms. The molecule has 0 radical (unpaired) electrons. The number of rotatable bonds is 4. The minimum absolute atomic E-state index is 0.816. The van der Waals surface area contributed by atoms with E-state index in [0.717, 1.165) is 45.7 Å². The summed E-state index contributed by atoms with van der Waals surface area (Å²) in [4.78, 5) is 0. The molecule has 176 valence electrons. The van der Waals surface area contributed by atoms with Gasteiger partial charge in [0, 0.05) is 22.7 Å². The summed E-state index contributed by atoms with van der Waals surface area (Å²) in [5.74, 6) is 3.26. The lowest BCUT2D eigenvalue weighted by Crippen LogP contribution is -2.78. The highest BCUT2D eigenvalue weighted by molar-refractivity contribution is 7.23. The average Bonchev–Trinajstić information content (AvgIpc) is 2.92. The van der Waals surface area contributed by atoms with Gasteiger partial charge >= 0.3 is 0 Å². The maximum Gasteiger partial charge on any atom is 0.188 e. The largest absolute Gasteiger partial charge is 0.497 e. The Morgan fingerprint density at radius 1 is 0.429 bits per heavy atom. The van der Waals surface area contributed by atoms with Gasteiger partial charge in [-0.15, -0.1) is 0 Å². The summed E-state index contributed by atoms with van der Waals surface area (Å²) in [5.41, 5.74) is 4.28. The van der Waals surface area contributed by atoms with Gasteiger partial charge in [0.25, 0.3) is 0 Å². The fourth-order valence-electron chi connectivity index (χ4n) is 5.44. The van der Waals surface area contributed by atoms with E-state index in [1.807, 2.05) is 24.3 Å². The van der Waals surface area contributed by atoms with Crippen LogP contribution in [-0.2, 0) is 0 Å². The number of ether oxygens (including phenoxy) is 4. The maximum atomic E-state index is 5.72. The van der Waals surface area contributed by atoms with E-state index in [1.165, 1.54) is 20.7 Å². The predicted molar refractivity (Wildman–Crippen MR) is 143 cm³/mol. The van der Waals surface area contributed by atoms with Crippen LogP contribution in [0.15, 0.2) is 72.8 Å². The van der Waals surface area contributed by atoms with Gasteiger partial charge in [0.2, 0.25) is 0 Å². The smallest absolute Gasteiger partial charge is 0.188 e. The van der Waals surface area contributed by atoms with Crippen molar-refractivity contribution in [1.29, 1.82) is 0 Å². The van der Waals surface area contributed by atoms with Crippen molar-refractivity contribution >= 4 is 51.6 Å². The van der Waals surface area contributed by atoms with Gasteiger partial charge in [0.05, 0.1) is 28.4 Å². The second-order valence-electron chi connectivity index (χ2n) is 8.65. The second kappa shape index (κ2) is 7.99. The summed E-state index contributed by atoms with van der Waals surface area (Å²) in [5, 5.41) is 12.2. The Morgan fingerprint density at radius 3 is 0.914 bits per heavy atom. The number of methoxy groups -OCH3 is 4. The number of fused-ring (bicyclic) bond motifs is 8. The van der Waals surface area contributed by atoms with Crippen LogP contribution in [0.1, 0.15) is 0 Å². The monoisotopic (exact) mass is 482 g/mol. The molecule has 0 fully saturated rings. The first kappa shape index (κ1) is 21.4. The number of benzene rings is 4. The van der Waals surface area contributed by atoms with Crippen molar-refractivity contribution in [2.24, 2.45) is 0 Å². The highest BCUT2D eigenvalue weighted by atomic mass is 28.3. The van der Waals surface area contributed by atoms with E-state index >= 15 is 0 Å². The molecule has 7 heteroatoms. The third-order valence-corrected chi connectivity index (χ3v) is 11.9. The molecule has 0 bridgehead atoms. The van der Waals surface area contributed by atoms with Crippen LogP contribution in [0.3, 0.4) is 0 Å². The summed E-state index contributed by atoms with van der Waals surface area (Å²) in [6.45, 7) is 0. The van der Waals surface area contributed by atoms with Crippen molar-refractivity contribution in [2.75, 3.05) is 39.1 Å². The van der Waals surface area contributed by atoms with Gasteiger partial charge in [0.1, 0.15) is 23.0 Å². The molecule has 2 aliphatic rings. The Morgan fingerprint density at radius 2 is 0.686 bits per heavy atom. The van der Waals surface area contributed by atoms with Crippen LogP contribution in [0.2, 0.25) is 0 Å². The van der Waals surface area contributed by atoms with Crippen molar-refractivity contribution in [2.45, 2.75) is 0 Å². The van der Waals surface area contributed by atoms with Crippen LogP contribution in [-0.4, -0.2) is 36.5 Å². The molecule has 2 N–H and O–H groups in total. The van der Waals surface area contributed by atoms with Gasteiger partial charge in [-0.3, -0.25) is 0 Å². The Labute approximate surface area is 205 Å². The summed E-state index contributed by atoms with van der Waals surface area (Å²) in [6, 6.07) is 25.1. The SMILES string of the molecule is COc1ccc2c(c1)[Si]1(c3cc(OC)ccc3N2)c2cc(OC)ccc2Nc2ccc(OC)cc21. The first-order chi connectivity index (χ1) is 17.1. The first-order valence-corrected chi connectivity index (χ1v) is 13.4. The Balaban J connectivity index is 1.83. The molecule has 0 amide bonds. The van der Waals surface area contributed by atoms with E-state index in [4.69, 9.17) is 18.9 Å². The van der Waals surface area contributed by atoms with E-state index < -0.39 is 8.07 Å². The van der Waals surface area contributed by atoms with Crippen molar-refractivity contribution in [3.05, 3.63) is 72.8 Å². The van der Waals surface area contributed by atoms with Gasteiger partial charge in [0.15, 0.2) is 8.07 Å². The molecular formula is C28H26N2O4Si. The molecule has 2 heterocycles. The Hall–Kier alpha value is -4.10. The van der Waals surface area contributed by atoms with Crippen molar-refractivity contribution in [3.8, 4) is 23.0 Å². The number of hydrogen-bond acceptors (Lipinski definition) is 6. The Bertz CT molecular complexity index is 1250. The number of hydrogen-bond donors (Lipinski definition) is 2. The topological polar surface area (TPSA) is 61.0 Å². The molecule has 0 saturated carbocycles. The average molecular weight is 483 g/mol. The zero-order valence-corrected chi connectivity index (χ0v) is 21.1. The molecular weight excluding hydrogens is 456 g/mol. The molecule has 2 aliphatic heterocycles. The number of nitrogens with one attached hydrogen (secondary N) is 2. The van der Waals surface area contributed by atoms with E-state index in [9.17, 15) is 0 Å². The fraction of sp³-hybridized carbons (Fsp3) is 0.143. The fourth-order valence-corrected chi connectivity index (χ4v) is 10.8. The van der Waals surface area contributed by atoms with Crippen molar-refractivity contribution in [1.82, 2.24) is 0 Å². The zero-order valence-electron chi connectivity index (χ0n) is 20.1. The molecule has 0 aromatic heterocycles. The first-order valence-electron chi connectivity index (χ1n) is 11.4. The lowest BCUT2D eigenvalue weighted by molar-refractivity contribution is 0.415. The standard InChI is InChI=1S/C28H26N2O4Si/c1-31-17-5-9-21-25(13-17)35(26-14-18(32-2)6-10-22(26)29-21)27-15-19(33-3)7-11-23(27)30-24-12-8-20(34-4)16-28(24)35/h5-16,29-30H,1-4H3. The molecule has 0 saturated heterocycles. The summed E-state index contributed by atoms with van der Waals surface area (Å²) in [7, 11) is 3.94. The highest BCUT2D eigenvalue weighted by Gasteiger charge is 2.52. The molecule has 0 unspecified atom stereocenters. The quantitative estimate of drug-likeness (QED) is 0.377. The minimum Gasteiger partial charge on any atom is -0.497 e. The zero-order chi connectivity index (χ0) is 24.2. The van der Waals surface area contributed by atoms with E-state index in [1.54, 1.807) is 28.4 Å². The van der Waals surface area contributed by atoms with Crippen LogP contribution in [0.4, 0.5) is 22.7 Å². The van der Waals surface area contributed by atoms with Gasteiger partial charge < -0.3 is 29.6 Å². The lowest BCUT2D eigenvalue weighted by atomic mass is 10.2. The lowest BCUT2D eigenvalue weighted by Gasteiger charge is -2.45. The summed E-state index contributed by atoms with van der Waals surface area (Å²) in [6.07, 6.45) is 0.